The third-order valence-electron chi connectivity index (χ3n) is 3.24. The van der Waals surface area contributed by atoms with Crippen LogP contribution in [0, 0.1) is 13.8 Å². The van der Waals surface area contributed by atoms with Crippen LogP contribution in [-0.4, -0.2) is 31.0 Å². The Bertz CT molecular complexity index is 641. The molecular weight excluding hydrogens is 278 g/mol. The second kappa shape index (κ2) is 7.50. The number of amides is 1. The fraction of sp³-hybridized carbons (Fsp3) is 0.278. The molecule has 1 amide bonds. The first-order valence-electron chi connectivity index (χ1n) is 7.23. The van der Waals surface area contributed by atoms with Gasteiger partial charge in [0.1, 0.15) is 23.9 Å². The van der Waals surface area contributed by atoms with Crippen LogP contribution in [0.3, 0.4) is 0 Å². The fourth-order valence-corrected chi connectivity index (χ4v) is 1.87. The molecule has 22 heavy (non-hydrogen) atoms. The molecule has 0 unspecified atom stereocenters. The number of carbonyl (C=O) groups is 1. The minimum absolute atomic E-state index is 0.0819. The molecule has 0 spiro atoms. The molecule has 2 aromatic rings. The second-order valence-corrected chi connectivity index (χ2v) is 5.20. The molecule has 2 rings (SSSR count). The van der Waals surface area contributed by atoms with Gasteiger partial charge in [0.25, 0.3) is 0 Å². The van der Waals surface area contributed by atoms with Gasteiger partial charge in [0.05, 0.1) is 6.54 Å². The first kappa shape index (κ1) is 15.9. The van der Waals surface area contributed by atoms with Crippen molar-refractivity contribution in [3.8, 4) is 5.75 Å². The van der Waals surface area contributed by atoms with Crippen LogP contribution in [0.5, 0.6) is 5.75 Å². The van der Waals surface area contributed by atoms with E-state index in [-0.39, 0.29) is 5.91 Å². The summed E-state index contributed by atoms with van der Waals surface area (Å²) in [7, 11) is 1.75. The number of hydrogen-bond donors (Lipinski definition) is 0. The van der Waals surface area contributed by atoms with Crippen LogP contribution in [0.1, 0.15) is 17.1 Å². The molecule has 0 saturated carbocycles. The topological polar surface area (TPSA) is 42.7 Å². The van der Waals surface area contributed by atoms with Crippen molar-refractivity contribution >= 4 is 12.0 Å². The second-order valence-electron chi connectivity index (χ2n) is 5.20. The Morgan fingerprint density at radius 2 is 1.91 bits per heavy atom. The Kier molecular flexibility index (Phi) is 5.42. The van der Waals surface area contributed by atoms with E-state index in [0.29, 0.717) is 18.9 Å². The largest absolute Gasteiger partial charge is 0.492 e. The summed E-state index contributed by atoms with van der Waals surface area (Å²) in [6.07, 6.45) is 3.18. The zero-order chi connectivity index (χ0) is 15.9. The van der Waals surface area contributed by atoms with Crippen molar-refractivity contribution in [1.82, 2.24) is 4.90 Å². The van der Waals surface area contributed by atoms with Gasteiger partial charge in [0.2, 0.25) is 5.91 Å². The summed E-state index contributed by atoms with van der Waals surface area (Å²) in [5, 5.41) is 0. The maximum Gasteiger partial charge on any atom is 0.246 e. The normalized spacial score (nSPS) is 10.9. The van der Waals surface area contributed by atoms with Crippen molar-refractivity contribution in [1.29, 1.82) is 0 Å². The molecule has 0 aliphatic heterocycles. The fourth-order valence-electron chi connectivity index (χ4n) is 1.87. The lowest BCUT2D eigenvalue weighted by Crippen LogP contribution is -2.29. The van der Waals surface area contributed by atoms with Gasteiger partial charge in [-0.25, -0.2) is 0 Å². The third-order valence-corrected chi connectivity index (χ3v) is 3.24. The number of furan rings is 1. The van der Waals surface area contributed by atoms with E-state index in [0.717, 1.165) is 11.5 Å². The van der Waals surface area contributed by atoms with E-state index in [4.69, 9.17) is 9.15 Å². The summed E-state index contributed by atoms with van der Waals surface area (Å²) in [5.74, 6) is 2.23. The van der Waals surface area contributed by atoms with Gasteiger partial charge in [-0.15, -0.1) is 0 Å². The molecule has 0 aliphatic carbocycles. The van der Waals surface area contributed by atoms with Gasteiger partial charge < -0.3 is 14.1 Å². The molecule has 116 valence electrons. The van der Waals surface area contributed by atoms with Gasteiger partial charge in [-0.2, -0.15) is 0 Å². The lowest BCUT2D eigenvalue weighted by molar-refractivity contribution is -0.125. The number of likely N-dealkylation sites (N-methyl/N-ethyl adjacent to an activating group) is 1. The quantitative estimate of drug-likeness (QED) is 0.767. The van der Waals surface area contributed by atoms with E-state index in [1.165, 1.54) is 11.6 Å². The standard InChI is InChI=1S/C18H21NO3/c1-14-4-7-16(8-5-14)21-13-12-19(3)18(20)11-10-17-9-6-15(2)22-17/h4-11H,12-13H2,1-3H3/b11-10+. The van der Waals surface area contributed by atoms with Crippen molar-refractivity contribution in [2.24, 2.45) is 0 Å². The average molecular weight is 299 g/mol. The number of carbonyl (C=O) groups excluding carboxylic acids is 1. The molecule has 0 N–H and O–H groups in total. The van der Waals surface area contributed by atoms with E-state index in [9.17, 15) is 4.79 Å². The maximum absolute atomic E-state index is 12.0. The summed E-state index contributed by atoms with van der Waals surface area (Å²) >= 11 is 0. The Morgan fingerprint density at radius 3 is 2.55 bits per heavy atom. The molecule has 0 atom stereocenters. The van der Waals surface area contributed by atoms with Crippen LogP contribution >= 0.6 is 0 Å². The Labute approximate surface area is 131 Å². The maximum atomic E-state index is 12.0. The average Bonchev–Trinajstić information content (AvgIpc) is 2.92. The van der Waals surface area contributed by atoms with Crippen LogP contribution in [0.2, 0.25) is 0 Å². The highest BCUT2D eigenvalue weighted by Crippen LogP contribution is 2.11. The molecule has 0 bridgehead atoms. The van der Waals surface area contributed by atoms with Gasteiger partial charge in [0.15, 0.2) is 0 Å². The molecule has 1 aromatic heterocycles. The highest BCUT2D eigenvalue weighted by molar-refractivity contribution is 5.91. The number of nitrogens with zero attached hydrogens (tertiary/aromatic N) is 1. The highest BCUT2D eigenvalue weighted by Gasteiger charge is 2.05. The monoisotopic (exact) mass is 299 g/mol. The first-order valence-corrected chi connectivity index (χ1v) is 7.23. The summed E-state index contributed by atoms with van der Waals surface area (Å²) in [4.78, 5) is 13.6. The van der Waals surface area contributed by atoms with Gasteiger partial charge in [-0.05, 0) is 44.2 Å². The lowest BCUT2D eigenvalue weighted by Gasteiger charge is -2.15. The molecule has 0 aliphatic rings. The van der Waals surface area contributed by atoms with E-state index >= 15 is 0 Å². The van der Waals surface area contributed by atoms with Gasteiger partial charge in [0, 0.05) is 13.1 Å². The number of rotatable bonds is 6. The molecule has 4 heteroatoms. The van der Waals surface area contributed by atoms with E-state index in [2.05, 4.69) is 0 Å². The van der Waals surface area contributed by atoms with Gasteiger partial charge >= 0.3 is 0 Å². The van der Waals surface area contributed by atoms with Crippen molar-refractivity contribution in [3.05, 3.63) is 59.6 Å². The van der Waals surface area contributed by atoms with E-state index in [1.807, 2.05) is 50.2 Å². The molecule has 4 nitrogen and oxygen atoms in total. The predicted molar refractivity (Wildman–Crippen MR) is 86.8 cm³/mol. The van der Waals surface area contributed by atoms with E-state index in [1.54, 1.807) is 18.0 Å². The van der Waals surface area contributed by atoms with Crippen LogP contribution in [0.25, 0.3) is 6.08 Å². The van der Waals surface area contributed by atoms with Crippen molar-refractivity contribution in [3.63, 3.8) is 0 Å². The minimum Gasteiger partial charge on any atom is -0.492 e. The highest BCUT2D eigenvalue weighted by atomic mass is 16.5. The van der Waals surface area contributed by atoms with Gasteiger partial charge in [-0.3, -0.25) is 4.79 Å². The van der Waals surface area contributed by atoms with Gasteiger partial charge in [-0.1, -0.05) is 17.7 Å². The Hall–Kier alpha value is -2.49. The van der Waals surface area contributed by atoms with Crippen LogP contribution in [0.15, 0.2) is 46.9 Å². The number of ether oxygens (including phenoxy) is 1. The summed E-state index contributed by atoms with van der Waals surface area (Å²) < 4.78 is 11.0. The molecule has 1 aromatic carbocycles. The third kappa shape index (κ3) is 4.81. The summed E-state index contributed by atoms with van der Waals surface area (Å²) in [5.41, 5.74) is 1.19. The number of aryl methyl sites for hydroxylation is 2. The SMILES string of the molecule is Cc1ccc(OCCN(C)C(=O)/C=C/c2ccc(C)o2)cc1. The minimum atomic E-state index is -0.0819. The first-order chi connectivity index (χ1) is 10.5. The van der Waals surface area contributed by atoms with Crippen LogP contribution < -0.4 is 4.74 Å². The molecule has 0 saturated heterocycles. The lowest BCUT2D eigenvalue weighted by atomic mass is 10.2. The van der Waals surface area contributed by atoms with E-state index < -0.39 is 0 Å². The predicted octanol–water partition coefficient (Wildman–Crippen LogP) is 3.45. The zero-order valence-corrected chi connectivity index (χ0v) is 13.2. The van der Waals surface area contributed by atoms with Crippen molar-refractivity contribution < 1.29 is 13.9 Å². The van der Waals surface area contributed by atoms with Crippen molar-refractivity contribution in [2.75, 3.05) is 20.2 Å². The zero-order valence-electron chi connectivity index (χ0n) is 13.2. The summed E-state index contributed by atoms with van der Waals surface area (Å²) in [6.45, 7) is 4.88. The van der Waals surface area contributed by atoms with Crippen LogP contribution in [-0.2, 0) is 4.79 Å². The summed E-state index contributed by atoms with van der Waals surface area (Å²) in [6, 6.07) is 11.5. The molecule has 0 fully saturated rings. The Balaban J connectivity index is 1.76. The molecule has 1 heterocycles. The van der Waals surface area contributed by atoms with Crippen LogP contribution in [0.4, 0.5) is 0 Å². The smallest absolute Gasteiger partial charge is 0.246 e. The Morgan fingerprint density at radius 1 is 1.18 bits per heavy atom. The number of benzene rings is 1. The molecule has 0 radical (unpaired) electrons. The number of hydrogen-bond acceptors (Lipinski definition) is 3. The van der Waals surface area contributed by atoms with Crippen molar-refractivity contribution in [2.45, 2.75) is 13.8 Å². The molecular formula is C18H21NO3.